The Bertz CT molecular complexity index is 1230. The van der Waals surface area contributed by atoms with Crippen molar-refractivity contribution in [3.63, 3.8) is 0 Å². The Morgan fingerprint density at radius 2 is 1.00 bits per heavy atom. The summed E-state index contributed by atoms with van der Waals surface area (Å²) in [6.45, 7) is 4.25. The number of hydrogen-bond acceptors (Lipinski definition) is 1. The Morgan fingerprint density at radius 3 is 1.50 bits per heavy atom. The molecule has 5 aromatic rings. The van der Waals surface area contributed by atoms with Crippen LogP contribution >= 0.6 is 0 Å². The van der Waals surface area contributed by atoms with Crippen LogP contribution in [-0.4, -0.2) is 6.29 Å². The molecule has 0 unspecified atom stereocenters. The Balaban J connectivity index is 0.000000160. The molecule has 0 spiro atoms. The first-order valence-corrected chi connectivity index (χ1v) is 10.7. The second-order valence-electron chi connectivity index (χ2n) is 7.52. The quantitative estimate of drug-likeness (QED) is 0.264. The molecule has 0 fully saturated rings. The molecule has 0 amide bonds. The molecular weight excluding hydrogens is 388 g/mol. The molecule has 5 aromatic carbocycles. The summed E-state index contributed by atoms with van der Waals surface area (Å²) < 4.78 is 0. The zero-order chi connectivity index (χ0) is 22.6. The van der Waals surface area contributed by atoms with Crippen molar-refractivity contribution in [3.8, 4) is 11.1 Å². The Morgan fingerprint density at radius 1 is 0.500 bits per heavy atom. The lowest BCUT2D eigenvalue weighted by molar-refractivity contribution is 0.112. The van der Waals surface area contributed by atoms with Gasteiger partial charge in [0.2, 0.25) is 0 Å². The summed E-state index contributed by atoms with van der Waals surface area (Å²) in [5.74, 6) is 0. The molecule has 0 aliphatic heterocycles. The SMILES string of the molecule is Cc1ccc(-c2ccccc2)c2ccccc12.Cc1ccccc1.O=Cc1ccccc1. The summed E-state index contributed by atoms with van der Waals surface area (Å²) in [4.78, 5) is 10.0. The third-order valence-corrected chi connectivity index (χ3v) is 5.10. The molecule has 0 saturated carbocycles. The lowest BCUT2D eigenvalue weighted by Gasteiger charge is -2.09. The normalized spacial score (nSPS) is 9.69. The summed E-state index contributed by atoms with van der Waals surface area (Å²) in [5, 5.41) is 2.67. The number of fused-ring (bicyclic) bond motifs is 1. The second kappa shape index (κ2) is 12.0. The highest BCUT2D eigenvalue weighted by Gasteiger charge is 2.04. The largest absolute Gasteiger partial charge is 0.298 e. The third-order valence-electron chi connectivity index (χ3n) is 5.10. The van der Waals surface area contributed by atoms with Crippen LogP contribution in [0, 0.1) is 13.8 Å². The smallest absolute Gasteiger partial charge is 0.150 e. The van der Waals surface area contributed by atoms with Crippen molar-refractivity contribution >= 4 is 17.1 Å². The molecule has 0 saturated heterocycles. The van der Waals surface area contributed by atoms with Gasteiger partial charge >= 0.3 is 0 Å². The van der Waals surface area contributed by atoms with Gasteiger partial charge in [-0.15, -0.1) is 0 Å². The minimum absolute atomic E-state index is 0.729. The number of aldehydes is 1. The van der Waals surface area contributed by atoms with Gasteiger partial charge in [0.15, 0.2) is 0 Å². The van der Waals surface area contributed by atoms with E-state index in [1.54, 1.807) is 12.1 Å². The van der Waals surface area contributed by atoms with Crippen LogP contribution in [0.15, 0.2) is 127 Å². The highest BCUT2D eigenvalue weighted by Crippen LogP contribution is 2.30. The van der Waals surface area contributed by atoms with E-state index in [4.69, 9.17) is 0 Å². The maximum absolute atomic E-state index is 10.0. The summed E-state index contributed by atoms with van der Waals surface area (Å²) in [6.07, 6.45) is 0.833. The molecule has 0 aliphatic carbocycles. The number of benzene rings is 5. The van der Waals surface area contributed by atoms with Crippen molar-refractivity contribution in [3.05, 3.63) is 144 Å². The molecule has 158 valence electrons. The summed E-state index contributed by atoms with van der Waals surface area (Å²) in [6, 6.07) is 42.9. The first kappa shape index (κ1) is 22.7. The van der Waals surface area contributed by atoms with E-state index in [0.29, 0.717) is 0 Å². The van der Waals surface area contributed by atoms with Gasteiger partial charge in [0.25, 0.3) is 0 Å². The Labute approximate surface area is 191 Å². The summed E-state index contributed by atoms with van der Waals surface area (Å²) >= 11 is 0. The van der Waals surface area contributed by atoms with Gasteiger partial charge in [0.1, 0.15) is 6.29 Å². The van der Waals surface area contributed by atoms with E-state index in [2.05, 4.69) is 92.7 Å². The number of carbonyl (C=O) groups is 1. The predicted octanol–water partition coefficient (Wildman–Crippen LogP) is 8.31. The number of carbonyl (C=O) groups excluding carboxylic acids is 1. The van der Waals surface area contributed by atoms with Gasteiger partial charge in [0, 0.05) is 5.56 Å². The van der Waals surface area contributed by atoms with Crippen LogP contribution in [0.5, 0.6) is 0 Å². The van der Waals surface area contributed by atoms with Crippen molar-refractivity contribution in [2.45, 2.75) is 13.8 Å². The van der Waals surface area contributed by atoms with Crippen molar-refractivity contribution in [2.24, 2.45) is 0 Å². The lowest BCUT2D eigenvalue weighted by Crippen LogP contribution is -1.83. The molecule has 0 radical (unpaired) electrons. The first-order valence-electron chi connectivity index (χ1n) is 10.7. The van der Waals surface area contributed by atoms with Gasteiger partial charge in [-0.25, -0.2) is 0 Å². The van der Waals surface area contributed by atoms with E-state index < -0.39 is 0 Å². The first-order chi connectivity index (χ1) is 15.7. The molecule has 0 aliphatic rings. The van der Waals surface area contributed by atoms with E-state index >= 15 is 0 Å². The van der Waals surface area contributed by atoms with Crippen molar-refractivity contribution in [2.75, 3.05) is 0 Å². The Hall–Kier alpha value is -3.97. The molecular formula is C31H28O. The molecule has 1 nitrogen and oxygen atoms in total. The second-order valence-corrected chi connectivity index (χ2v) is 7.52. The fourth-order valence-corrected chi connectivity index (χ4v) is 3.39. The summed E-state index contributed by atoms with van der Waals surface area (Å²) in [7, 11) is 0. The van der Waals surface area contributed by atoms with Gasteiger partial charge in [-0.05, 0) is 41.3 Å². The molecule has 0 bridgehead atoms. The number of hydrogen-bond donors (Lipinski definition) is 0. The minimum atomic E-state index is 0.729. The highest BCUT2D eigenvalue weighted by molar-refractivity contribution is 5.98. The van der Waals surface area contributed by atoms with Crippen LogP contribution in [0.25, 0.3) is 21.9 Å². The lowest BCUT2D eigenvalue weighted by atomic mass is 9.96. The molecule has 0 atom stereocenters. The van der Waals surface area contributed by atoms with Crippen molar-refractivity contribution in [1.82, 2.24) is 0 Å². The standard InChI is InChI=1S/C17H14.C7H6O.C7H8/c1-13-11-12-16(14-7-3-2-4-8-14)17-10-6-5-9-15(13)17;8-6-7-4-2-1-3-5-7;1-7-5-3-2-4-6-7/h2-12H,1H3;1-6H;2-6H,1H3. The average molecular weight is 417 g/mol. The average Bonchev–Trinajstić information content (AvgIpc) is 2.87. The van der Waals surface area contributed by atoms with Crippen LogP contribution in [0.1, 0.15) is 21.5 Å². The van der Waals surface area contributed by atoms with Gasteiger partial charge < -0.3 is 0 Å². The van der Waals surface area contributed by atoms with E-state index in [0.717, 1.165) is 11.8 Å². The van der Waals surface area contributed by atoms with Gasteiger partial charge in [-0.3, -0.25) is 4.79 Å². The van der Waals surface area contributed by atoms with Crippen molar-refractivity contribution in [1.29, 1.82) is 0 Å². The molecule has 0 N–H and O–H groups in total. The fraction of sp³-hybridized carbons (Fsp3) is 0.0645. The van der Waals surface area contributed by atoms with Crippen LogP contribution in [0.4, 0.5) is 0 Å². The Kier molecular flexibility index (Phi) is 8.53. The fourth-order valence-electron chi connectivity index (χ4n) is 3.39. The zero-order valence-corrected chi connectivity index (χ0v) is 18.6. The maximum Gasteiger partial charge on any atom is 0.150 e. The molecule has 1 heteroatoms. The molecule has 0 aromatic heterocycles. The van der Waals surface area contributed by atoms with Crippen molar-refractivity contribution < 1.29 is 4.79 Å². The van der Waals surface area contributed by atoms with Gasteiger partial charge in [-0.2, -0.15) is 0 Å². The van der Waals surface area contributed by atoms with E-state index in [9.17, 15) is 4.79 Å². The highest BCUT2D eigenvalue weighted by atomic mass is 16.1. The van der Waals surface area contributed by atoms with Crippen LogP contribution in [0.3, 0.4) is 0 Å². The minimum Gasteiger partial charge on any atom is -0.298 e. The topological polar surface area (TPSA) is 17.1 Å². The zero-order valence-electron chi connectivity index (χ0n) is 18.6. The predicted molar refractivity (Wildman–Crippen MR) is 137 cm³/mol. The molecule has 5 rings (SSSR count). The number of rotatable bonds is 2. The summed E-state index contributed by atoms with van der Waals surface area (Å²) in [5.41, 5.74) is 5.98. The van der Waals surface area contributed by atoms with E-state index in [1.807, 2.05) is 36.4 Å². The van der Waals surface area contributed by atoms with Gasteiger partial charge in [0.05, 0.1) is 0 Å². The van der Waals surface area contributed by atoms with Crippen LogP contribution < -0.4 is 0 Å². The van der Waals surface area contributed by atoms with Gasteiger partial charge in [-0.1, -0.05) is 133 Å². The van der Waals surface area contributed by atoms with E-state index in [1.165, 1.54) is 33.0 Å². The maximum atomic E-state index is 10.0. The molecule has 0 heterocycles. The van der Waals surface area contributed by atoms with Crippen LogP contribution in [-0.2, 0) is 0 Å². The van der Waals surface area contributed by atoms with E-state index in [-0.39, 0.29) is 0 Å². The molecule has 32 heavy (non-hydrogen) atoms. The third kappa shape index (κ3) is 6.52. The monoisotopic (exact) mass is 416 g/mol. The van der Waals surface area contributed by atoms with Crippen LogP contribution in [0.2, 0.25) is 0 Å². The number of aryl methyl sites for hydroxylation is 2.